The molecule has 7 nitrogen and oxygen atoms in total. The number of nitrogens with one attached hydrogen (secondary N) is 2. The highest BCUT2D eigenvalue weighted by Gasteiger charge is 2.22. The van der Waals surface area contributed by atoms with Crippen molar-refractivity contribution in [2.75, 3.05) is 19.8 Å². The Hall–Kier alpha value is -2.41. The lowest BCUT2D eigenvalue weighted by Gasteiger charge is -2.11. The van der Waals surface area contributed by atoms with Crippen LogP contribution in [0, 0.1) is 5.92 Å². The van der Waals surface area contributed by atoms with Crippen LogP contribution in [0.2, 0.25) is 0 Å². The second-order valence-corrected chi connectivity index (χ2v) is 6.10. The Bertz CT molecular complexity index is 594. The molecular formula is C18H24N2O5. The summed E-state index contributed by atoms with van der Waals surface area (Å²) in [5.74, 6) is -1.03. The fourth-order valence-corrected chi connectivity index (χ4v) is 2.79. The summed E-state index contributed by atoms with van der Waals surface area (Å²) in [4.78, 5) is 34.2. The second-order valence-electron chi connectivity index (χ2n) is 6.10. The zero-order valence-electron chi connectivity index (χ0n) is 14.1. The van der Waals surface area contributed by atoms with Gasteiger partial charge in [-0.2, -0.15) is 0 Å². The third-order valence-electron chi connectivity index (χ3n) is 4.17. The Labute approximate surface area is 146 Å². The van der Waals surface area contributed by atoms with Crippen molar-refractivity contribution >= 4 is 17.8 Å². The third kappa shape index (κ3) is 6.54. The number of aliphatic carboxylic acids is 1. The van der Waals surface area contributed by atoms with Crippen LogP contribution < -0.4 is 10.6 Å². The molecule has 1 fully saturated rings. The van der Waals surface area contributed by atoms with Gasteiger partial charge in [-0.1, -0.05) is 25.0 Å². The molecule has 0 aromatic heterocycles. The summed E-state index contributed by atoms with van der Waals surface area (Å²) in [5.41, 5.74) is 1.44. The van der Waals surface area contributed by atoms with Gasteiger partial charge >= 0.3 is 5.97 Å². The van der Waals surface area contributed by atoms with Gasteiger partial charge in [0.2, 0.25) is 5.91 Å². The largest absolute Gasteiger partial charge is 0.480 e. The van der Waals surface area contributed by atoms with E-state index in [0.717, 1.165) is 31.2 Å². The number of carboxylic acids is 1. The SMILES string of the molecule is O=C(O)COCCNC(=O)c1ccc(CNC(=O)C2CCCC2)cc1. The van der Waals surface area contributed by atoms with E-state index in [-0.39, 0.29) is 37.5 Å². The minimum atomic E-state index is -1.04. The van der Waals surface area contributed by atoms with Gasteiger partial charge in [0.1, 0.15) is 6.61 Å². The molecule has 7 heteroatoms. The lowest BCUT2D eigenvalue weighted by Crippen LogP contribution is -2.29. The standard InChI is InChI=1S/C18H24N2O5/c21-16(22)12-25-10-9-19-17(23)15-7-5-13(6-8-15)11-20-18(24)14-3-1-2-4-14/h5-8,14H,1-4,9-12H2,(H,19,23)(H,20,24)(H,21,22). The van der Waals surface area contributed by atoms with E-state index in [9.17, 15) is 14.4 Å². The molecule has 3 N–H and O–H groups in total. The zero-order valence-corrected chi connectivity index (χ0v) is 14.1. The van der Waals surface area contributed by atoms with Crippen LogP contribution in [-0.2, 0) is 20.9 Å². The number of carbonyl (C=O) groups excluding carboxylic acids is 2. The molecule has 0 spiro atoms. The molecule has 136 valence electrons. The van der Waals surface area contributed by atoms with Crippen LogP contribution in [0.3, 0.4) is 0 Å². The smallest absolute Gasteiger partial charge is 0.329 e. The number of hydrogen-bond acceptors (Lipinski definition) is 4. The summed E-state index contributed by atoms with van der Waals surface area (Å²) in [6.45, 7) is 0.464. The predicted octanol–water partition coefficient (Wildman–Crippen LogP) is 1.32. The van der Waals surface area contributed by atoms with Gasteiger partial charge in [-0.15, -0.1) is 0 Å². The Morgan fingerprint density at radius 3 is 2.40 bits per heavy atom. The molecular weight excluding hydrogens is 324 g/mol. The summed E-state index contributed by atoms with van der Waals surface area (Å²) in [6, 6.07) is 7.02. The molecule has 0 aliphatic heterocycles. The van der Waals surface area contributed by atoms with Crippen LogP contribution in [0.4, 0.5) is 0 Å². The summed E-state index contributed by atoms with van der Waals surface area (Å²) < 4.78 is 4.84. The average Bonchev–Trinajstić information content (AvgIpc) is 3.14. The number of benzene rings is 1. The predicted molar refractivity (Wildman–Crippen MR) is 91.0 cm³/mol. The first-order valence-electron chi connectivity index (χ1n) is 8.50. The second kappa shape index (κ2) is 9.78. The molecule has 1 aliphatic rings. The summed E-state index contributed by atoms with van der Waals surface area (Å²) in [7, 11) is 0. The highest BCUT2D eigenvalue weighted by atomic mass is 16.5. The topological polar surface area (TPSA) is 105 Å². The van der Waals surface area contributed by atoms with Crippen molar-refractivity contribution in [2.24, 2.45) is 5.92 Å². The Morgan fingerprint density at radius 1 is 1.08 bits per heavy atom. The quantitative estimate of drug-likeness (QED) is 0.584. The van der Waals surface area contributed by atoms with E-state index < -0.39 is 5.97 Å². The fourth-order valence-electron chi connectivity index (χ4n) is 2.79. The maximum atomic E-state index is 12.0. The van der Waals surface area contributed by atoms with Crippen molar-refractivity contribution in [1.82, 2.24) is 10.6 Å². The highest BCUT2D eigenvalue weighted by molar-refractivity contribution is 5.94. The van der Waals surface area contributed by atoms with Crippen molar-refractivity contribution in [3.05, 3.63) is 35.4 Å². The number of amides is 2. The van der Waals surface area contributed by atoms with Crippen molar-refractivity contribution < 1.29 is 24.2 Å². The van der Waals surface area contributed by atoms with Crippen molar-refractivity contribution in [3.63, 3.8) is 0 Å². The van der Waals surface area contributed by atoms with E-state index in [1.165, 1.54) is 0 Å². The first kappa shape index (κ1) is 18.9. The minimum Gasteiger partial charge on any atom is -0.480 e. The van der Waals surface area contributed by atoms with Crippen molar-refractivity contribution in [1.29, 1.82) is 0 Å². The molecule has 2 rings (SSSR count). The molecule has 1 aromatic carbocycles. The van der Waals surface area contributed by atoms with E-state index in [0.29, 0.717) is 12.1 Å². The Morgan fingerprint density at radius 2 is 1.76 bits per heavy atom. The number of hydrogen-bond donors (Lipinski definition) is 3. The molecule has 25 heavy (non-hydrogen) atoms. The van der Waals surface area contributed by atoms with Gasteiger partial charge < -0.3 is 20.5 Å². The van der Waals surface area contributed by atoms with E-state index in [1.807, 2.05) is 12.1 Å². The van der Waals surface area contributed by atoms with E-state index in [4.69, 9.17) is 9.84 Å². The van der Waals surface area contributed by atoms with Gasteiger partial charge in [-0.05, 0) is 30.5 Å². The van der Waals surface area contributed by atoms with Crippen LogP contribution in [0.1, 0.15) is 41.6 Å². The monoisotopic (exact) mass is 348 g/mol. The summed E-state index contributed by atoms with van der Waals surface area (Å²) in [6.07, 6.45) is 4.20. The molecule has 1 saturated carbocycles. The van der Waals surface area contributed by atoms with Crippen LogP contribution in [0.25, 0.3) is 0 Å². The molecule has 0 heterocycles. The molecule has 0 atom stereocenters. The van der Waals surface area contributed by atoms with Gasteiger partial charge in [0.05, 0.1) is 6.61 Å². The van der Waals surface area contributed by atoms with E-state index in [1.54, 1.807) is 12.1 Å². The molecule has 1 aliphatic carbocycles. The van der Waals surface area contributed by atoms with Gasteiger partial charge in [0.15, 0.2) is 0 Å². The number of ether oxygens (including phenoxy) is 1. The van der Waals surface area contributed by atoms with Gasteiger partial charge in [-0.3, -0.25) is 9.59 Å². The van der Waals surface area contributed by atoms with E-state index >= 15 is 0 Å². The van der Waals surface area contributed by atoms with E-state index in [2.05, 4.69) is 10.6 Å². The lowest BCUT2D eigenvalue weighted by atomic mass is 10.1. The third-order valence-corrected chi connectivity index (χ3v) is 4.17. The van der Waals surface area contributed by atoms with Crippen molar-refractivity contribution in [2.45, 2.75) is 32.2 Å². The number of carboxylic acid groups (broad SMARTS) is 1. The van der Waals surface area contributed by atoms with Crippen LogP contribution >= 0.6 is 0 Å². The average molecular weight is 348 g/mol. The highest BCUT2D eigenvalue weighted by Crippen LogP contribution is 2.24. The van der Waals surface area contributed by atoms with Gasteiger partial charge in [-0.25, -0.2) is 4.79 Å². The summed E-state index contributed by atoms with van der Waals surface area (Å²) in [5, 5.41) is 14.0. The normalized spacial score (nSPS) is 14.2. The lowest BCUT2D eigenvalue weighted by molar-refractivity contribution is -0.142. The first-order chi connectivity index (χ1) is 12.1. The molecule has 0 unspecified atom stereocenters. The molecule has 0 bridgehead atoms. The fraction of sp³-hybridized carbons (Fsp3) is 0.500. The first-order valence-corrected chi connectivity index (χ1v) is 8.50. The van der Waals surface area contributed by atoms with Crippen LogP contribution in [-0.4, -0.2) is 42.6 Å². The Kier molecular flexibility index (Phi) is 7.40. The number of rotatable bonds is 9. The van der Waals surface area contributed by atoms with Gasteiger partial charge in [0, 0.05) is 24.6 Å². The van der Waals surface area contributed by atoms with Crippen LogP contribution in [0.15, 0.2) is 24.3 Å². The molecule has 1 aromatic rings. The number of carbonyl (C=O) groups is 3. The molecule has 2 amide bonds. The van der Waals surface area contributed by atoms with Crippen molar-refractivity contribution in [3.8, 4) is 0 Å². The maximum absolute atomic E-state index is 12.0. The summed E-state index contributed by atoms with van der Waals surface area (Å²) >= 11 is 0. The maximum Gasteiger partial charge on any atom is 0.329 e. The van der Waals surface area contributed by atoms with Crippen LogP contribution in [0.5, 0.6) is 0 Å². The minimum absolute atomic E-state index is 0.112. The zero-order chi connectivity index (χ0) is 18.1. The van der Waals surface area contributed by atoms with Gasteiger partial charge in [0.25, 0.3) is 5.91 Å². The molecule has 0 radical (unpaired) electrons. The Balaban J connectivity index is 1.70. The molecule has 0 saturated heterocycles.